The molecule has 0 aliphatic carbocycles. The fourth-order valence-electron chi connectivity index (χ4n) is 2.21. The first-order chi connectivity index (χ1) is 11.1. The Morgan fingerprint density at radius 3 is 2.61 bits per heavy atom. The molecule has 0 heterocycles. The number of ether oxygens (including phenoxy) is 1. The van der Waals surface area contributed by atoms with Gasteiger partial charge in [-0.05, 0) is 48.2 Å². The fourth-order valence-corrected chi connectivity index (χ4v) is 2.37. The van der Waals surface area contributed by atoms with Crippen molar-refractivity contribution in [3.63, 3.8) is 0 Å². The first-order valence-electron chi connectivity index (χ1n) is 7.42. The van der Waals surface area contributed by atoms with Crippen LogP contribution >= 0.6 is 11.6 Å². The molecule has 2 aromatic rings. The van der Waals surface area contributed by atoms with Crippen molar-refractivity contribution in [2.75, 3.05) is 13.7 Å². The molecule has 0 radical (unpaired) electrons. The van der Waals surface area contributed by atoms with Crippen LogP contribution in [0.15, 0.2) is 42.5 Å². The number of amides is 1. The molecule has 0 aliphatic heterocycles. The first-order valence-corrected chi connectivity index (χ1v) is 7.80. The average Bonchev–Trinajstić information content (AvgIpc) is 2.55. The molecule has 0 unspecified atom stereocenters. The van der Waals surface area contributed by atoms with E-state index < -0.39 is 5.82 Å². The van der Waals surface area contributed by atoms with E-state index >= 15 is 0 Å². The molecular formula is C18H19ClFNO2. The van der Waals surface area contributed by atoms with Crippen LogP contribution in [0.5, 0.6) is 5.75 Å². The van der Waals surface area contributed by atoms with Crippen LogP contribution in [0.1, 0.15) is 17.5 Å². The molecule has 3 nitrogen and oxygen atoms in total. The third-order valence-corrected chi connectivity index (χ3v) is 3.72. The van der Waals surface area contributed by atoms with Crippen molar-refractivity contribution in [1.29, 1.82) is 0 Å². The van der Waals surface area contributed by atoms with Crippen LogP contribution in [0.4, 0.5) is 4.39 Å². The Morgan fingerprint density at radius 2 is 1.96 bits per heavy atom. The molecular weight excluding hydrogens is 317 g/mol. The summed E-state index contributed by atoms with van der Waals surface area (Å²) in [6, 6.07) is 12.2. The monoisotopic (exact) mass is 335 g/mol. The van der Waals surface area contributed by atoms with Gasteiger partial charge < -0.3 is 10.1 Å². The molecule has 23 heavy (non-hydrogen) atoms. The van der Waals surface area contributed by atoms with Gasteiger partial charge >= 0.3 is 0 Å². The van der Waals surface area contributed by atoms with Gasteiger partial charge in [0.1, 0.15) is 11.6 Å². The van der Waals surface area contributed by atoms with Crippen molar-refractivity contribution in [2.45, 2.75) is 19.3 Å². The third kappa shape index (κ3) is 5.57. The van der Waals surface area contributed by atoms with E-state index in [9.17, 15) is 9.18 Å². The Hall–Kier alpha value is -2.07. The number of nitrogens with one attached hydrogen (secondary N) is 1. The molecule has 0 aliphatic rings. The summed E-state index contributed by atoms with van der Waals surface area (Å²) in [6.07, 6.45) is 1.70. The van der Waals surface area contributed by atoms with Crippen molar-refractivity contribution >= 4 is 17.5 Å². The van der Waals surface area contributed by atoms with Crippen molar-refractivity contribution in [3.8, 4) is 5.75 Å². The van der Waals surface area contributed by atoms with Gasteiger partial charge in [0, 0.05) is 11.6 Å². The summed E-state index contributed by atoms with van der Waals surface area (Å²) in [5.74, 6) is 0.180. The van der Waals surface area contributed by atoms with E-state index in [0.29, 0.717) is 17.1 Å². The lowest BCUT2D eigenvalue weighted by Crippen LogP contribution is -2.26. The standard InChI is InChI=1S/C18H19ClFNO2/c1-23-16-8-4-13(5-9-16)3-2-10-21-18(22)11-14-6-7-15(19)12-17(14)20/h4-9,12H,2-3,10-11H2,1H3,(H,21,22). The molecule has 5 heteroatoms. The highest BCUT2D eigenvalue weighted by Crippen LogP contribution is 2.15. The zero-order chi connectivity index (χ0) is 16.7. The quantitative estimate of drug-likeness (QED) is 0.782. The molecule has 0 fully saturated rings. The lowest BCUT2D eigenvalue weighted by Gasteiger charge is -2.07. The van der Waals surface area contributed by atoms with Crippen LogP contribution in [-0.4, -0.2) is 19.6 Å². The van der Waals surface area contributed by atoms with Crippen LogP contribution < -0.4 is 10.1 Å². The van der Waals surface area contributed by atoms with Crippen LogP contribution in [0.2, 0.25) is 5.02 Å². The number of aryl methyl sites for hydroxylation is 1. The molecule has 0 saturated heterocycles. The number of halogens is 2. The van der Waals surface area contributed by atoms with Gasteiger partial charge in [-0.25, -0.2) is 4.39 Å². The van der Waals surface area contributed by atoms with Crippen LogP contribution in [0.3, 0.4) is 0 Å². The van der Waals surface area contributed by atoms with Crippen molar-refractivity contribution < 1.29 is 13.9 Å². The summed E-state index contributed by atoms with van der Waals surface area (Å²) in [5, 5.41) is 3.13. The number of methoxy groups -OCH3 is 1. The highest BCUT2D eigenvalue weighted by Gasteiger charge is 2.08. The summed E-state index contributed by atoms with van der Waals surface area (Å²) in [5.41, 5.74) is 1.53. The maximum atomic E-state index is 13.6. The molecule has 0 atom stereocenters. The number of benzene rings is 2. The van der Waals surface area contributed by atoms with E-state index in [1.54, 1.807) is 13.2 Å². The second-order valence-electron chi connectivity index (χ2n) is 5.21. The number of hydrogen-bond donors (Lipinski definition) is 1. The highest BCUT2D eigenvalue weighted by molar-refractivity contribution is 6.30. The SMILES string of the molecule is COc1ccc(CCCNC(=O)Cc2ccc(Cl)cc2F)cc1. The van der Waals surface area contributed by atoms with Crippen LogP contribution in [0.25, 0.3) is 0 Å². The zero-order valence-electron chi connectivity index (χ0n) is 12.9. The predicted molar refractivity (Wildman–Crippen MR) is 89.4 cm³/mol. The summed E-state index contributed by atoms with van der Waals surface area (Å²) in [6.45, 7) is 0.556. The minimum atomic E-state index is -0.453. The largest absolute Gasteiger partial charge is 0.497 e. The Kier molecular flexibility index (Phi) is 6.41. The van der Waals surface area contributed by atoms with Crippen molar-refractivity contribution in [1.82, 2.24) is 5.32 Å². The van der Waals surface area contributed by atoms with Gasteiger partial charge in [-0.2, -0.15) is 0 Å². The van der Waals surface area contributed by atoms with Gasteiger partial charge in [0.25, 0.3) is 0 Å². The highest BCUT2D eigenvalue weighted by atomic mass is 35.5. The van der Waals surface area contributed by atoms with E-state index in [-0.39, 0.29) is 12.3 Å². The number of rotatable bonds is 7. The zero-order valence-corrected chi connectivity index (χ0v) is 13.7. The Morgan fingerprint density at radius 1 is 1.22 bits per heavy atom. The lowest BCUT2D eigenvalue weighted by molar-refractivity contribution is -0.120. The summed E-state index contributed by atoms with van der Waals surface area (Å²) >= 11 is 5.68. The molecule has 2 rings (SSSR count). The predicted octanol–water partition coefficient (Wildman–Crippen LogP) is 3.78. The minimum absolute atomic E-state index is 0.0194. The molecule has 0 aromatic heterocycles. The van der Waals surface area contributed by atoms with E-state index in [4.69, 9.17) is 16.3 Å². The second-order valence-corrected chi connectivity index (χ2v) is 5.65. The number of carbonyl (C=O) groups is 1. The Balaban J connectivity index is 1.72. The molecule has 122 valence electrons. The summed E-state index contributed by atoms with van der Waals surface area (Å²) in [7, 11) is 1.63. The average molecular weight is 336 g/mol. The van der Waals surface area contributed by atoms with Gasteiger partial charge in [-0.1, -0.05) is 29.8 Å². The van der Waals surface area contributed by atoms with Gasteiger partial charge in [0.15, 0.2) is 0 Å². The molecule has 0 spiro atoms. The van der Waals surface area contributed by atoms with Gasteiger partial charge in [-0.3, -0.25) is 4.79 Å². The second kappa shape index (κ2) is 8.53. The maximum Gasteiger partial charge on any atom is 0.224 e. The molecule has 1 amide bonds. The Bertz CT molecular complexity index is 659. The van der Waals surface area contributed by atoms with E-state index in [2.05, 4.69) is 5.32 Å². The van der Waals surface area contributed by atoms with Gasteiger partial charge in [-0.15, -0.1) is 0 Å². The summed E-state index contributed by atoms with van der Waals surface area (Å²) < 4.78 is 18.7. The van der Waals surface area contributed by atoms with Crippen molar-refractivity contribution in [2.24, 2.45) is 0 Å². The lowest BCUT2D eigenvalue weighted by atomic mass is 10.1. The van der Waals surface area contributed by atoms with Crippen LogP contribution in [0, 0.1) is 5.82 Å². The maximum absolute atomic E-state index is 13.6. The van der Waals surface area contributed by atoms with E-state index in [0.717, 1.165) is 18.6 Å². The van der Waals surface area contributed by atoms with E-state index in [1.165, 1.54) is 17.7 Å². The Labute approximate surface area is 140 Å². The third-order valence-electron chi connectivity index (χ3n) is 3.49. The fraction of sp³-hybridized carbons (Fsp3) is 0.278. The topological polar surface area (TPSA) is 38.3 Å². The van der Waals surface area contributed by atoms with Crippen LogP contribution in [-0.2, 0) is 17.6 Å². The molecule has 1 N–H and O–H groups in total. The number of hydrogen-bond acceptors (Lipinski definition) is 2. The minimum Gasteiger partial charge on any atom is -0.497 e. The first kappa shape index (κ1) is 17.3. The van der Waals surface area contributed by atoms with Gasteiger partial charge in [0.05, 0.1) is 13.5 Å². The number of carbonyl (C=O) groups excluding carboxylic acids is 1. The van der Waals surface area contributed by atoms with Crippen molar-refractivity contribution in [3.05, 3.63) is 64.4 Å². The molecule has 0 bridgehead atoms. The smallest absolute Gasteiger partial charge is 0.224 e. The summed E-state index contributed by atoms with van der Waals surface area (Å²) in [4.78, 5) is 11.8. The molecule has 2 aromatic carbocycles. The van der Waals surface area contributed by atoms with Gasteiger partial charge in [0.2, 0.25) is 5.91 Å². The molecule has 0 saturated carbocycles. The normalized spacial score (nSPS) is 10.4. The van der Waals surface area contributed by atoms with E-state index in [1.807, 2.05) is 24.3 Å².